The van der Waals surface area contributed by atoms with E-state index in [9.17, 15) is 10.1 Å². The molecule has 0 spiro atoms. The van der Waals surface area contributed by atoms with Crippen molar-refractivity contribution in [3.63, 3.8) is 0 Å². The van der Waals surface area contributed by atoms with E-state index in [-0.39, 0.29) is 5.69 Å². The number of nitrogens with zero attached hydrogens (tertiary/aromatic N) is 4. The first-order valence-electron chi connectivity index (χ1n) is 6.84. The van der Waals surface area contributed by atoms with Gasteiger partial charge in [-0.05, 0) is 13.0 Å². The fraction of sp³-hybridized carbons (Fsp3) is 0.615. The van der Waals surface area contributed by atoms with Gasteiger partial charge in [0.2, 0.25) is 0 Å². The van der Waals surface area contributed by atoms with Gasteiger partial charge in [0.15, 0.2) is 0 Å². The lowest BCUT2D eigenvalue weighted by Crippen LogP contribution is -2.46. The van der Waals surface area contributed by atoms with E-state index in [1.54, 1.807) is 13.0 Å². The summed E-state index contributed by atoms with van der Waals surface area (Å²) in [5.74, 6) is 0.781. The Labute approximate surface area is 118 Å². The van der Waals surface area contributed by atoms with Crippen molar-refractivity contribution < 1.29 is 4.92 Å². The van der Waals surface area contributed by atoms with Crippen LogP contribution in [-0.4, -0.2) is 61.1 Å². The Bertz CT molecular complexity index is 474. The molecule has 0 bridgehead atoms. The predicted octanol–water partition coefficient (Wildman–Crippen LogP) is 0.640. The summed E-state index contributed by atoms with van der Waals surface area (Å²) < 4.78 is 0. The standard InChI is InChI=1S/C13H21N5O2/c1-11-12(18(19)20)3-4-13(15-11)16(2)9-10-17-7-5-14-6-8-17/h3-4,14H,5-10H2,1-2H3. The molecule has 2 heterocycles. The van der Waals surface area contributed by atoms with Crippen LogP contribution < -0.4 is 10.2 Å². The molecular formula is C13H21N5O2. The van der Waals surface area contributed by atoms with Crippen molar-refractivity contribution in [1.29, 1.82) is 0 Å². The van der Waals surface area contributed by atoms with Crippen molar-refractivity contribution >= 4 is 11.5 Å². The zero-order chi connectivity index (χ0) is 14.5. The Hall–Kier alpha value is -1.73. The number of pyridine rings is 1. The quantitative estimate of drug-likeness (QED) is 0.630. The zero-order valence-electron chi connectivity index (χ0n) is 12.0. The Morgan fingerprint density at radius 1 is 1.45 bits per heavy atom. The summed E-state index contributed by atoms with van der Waals surface area (Å²) in [6, 6.07) is 3.24. The lowest BCUT2D eigenvalue weighted by Gasteiger charge is -2.29. The van der Waals surface area contributed by atoms with Crippen LogP contribution in [0.1, 0.15) is 5.69 Å². The molecule has 1 aromatic heterocycles. The van der Waals surface area contributed by atoms with Gasteiger partial charge < -0.3 is 10.2 Å². The first kappa shape index (κ1) is 14.7. The number of likely N-dealkylation sites (N-methyl/N-ethyl adjacent to an activating group) is 1. The fourth-order valence-corrected chi connectivity index (χ4v) is 2.29. The first-order valence-corrected chi connectivity index (χ1v) is 6.84. The van der Waals surface area contributed by atoms with Gasteiger partial charge in [-0.15, -0.1) is 0 Å². The summed E-state index contributed by atoms with van der Waals surface area (Å²) in [6.07, 6.45) is 0. The number of hydrogen-bond donors (Lipinski definition) is 1. The molecular weight excluding hydrogens is 258 g/mol. The molecule has 1 aliphatic heterocycles. The minimum Gasteiger partial charge on any atom is -0.358 e. The van der Waals surface area contributed by atoms with Crippen LogP contribution in [0, 0.1) is 17.0 Å². The molecule has 1 saturated heterocycles. The van der Waals surface area contributed by atoms with Crippen molar-refractivity contribution in [3.05, 3.63) is 27.9 Å². The average Bonchev–Trinajstić information content (AvgIpc) is 2.45. The molecule has 7 heteroatoms. The monoisotopic (exact) mass is 279 g/mol. The van der Waals surface area contributed by atoms with E-state index in [1.165, 1.54) is 6.07 Å². The molecule has 0 saturated carbocycles. The number of aromatic nitrogens is 1. The van der Waals surface area contributed by atoms with E-state index in [0.29, 0.717) is 5.69 Å². The van der Waals surface area contributed by atoms with Gasteiger partial charge in [0.25, 0.3) is 5.69 Å². The van der Waals surface area contributed by atoms with Gasteiger partial charge in [0.05, 0.1) is 4.92 Å². The molecule has 110 valence electrons. The highest BCUT2D eigenvalue weighted by Crippen LogP contribution is 2.19. The van der Waals surface area contributed by atoms with Gasteiger partial charge in [-0.1, -0.05) is 0 Å². The number of nitrogens with one attached hydrogen (secondary N) is 1. The molecule has 0 aromatic carbocycles. The molecule has 0 aliphatic carbocycles. The van der Waals surface area contributed by atoms with Gasteiger partial charge in [-0.2, -0.15) is 0 Å². The van der Waals surface area contributed by atoms with Crippen molar-refractivity contribution in [3.8, 4) is 0 Å². The molecule has 20 heavy (non-hydrogen) atoms. The number of piperazine rings is 1. The van der Waals surface area contributed by atoms with Crippen LogP contribution in [0.25, 0.3) is 0 Å². The molecule has 0 radical (unpaired) electrons. The summed E-state index contributed by atoms with van der Waals surface area (Å²) in [4.78, 5) is 19.1. The summed E-state index contributed by atoms with van der Waals surface area (Å²) in [6.45, 7) is 7.74. The van der Waals surface area contributed by atoms with Crippen molar-refractivity contribution in [2.45, 2.75) is 6.92 Å². The first-order chi connectivity index (χ1) is 9.58. The molecule has 1 aromatic rings. The third-order valence-corrected chi connectivity index (χ3v) is 3.59. The van der Waals surface area contributed by atoms with E-state index in [2.05, 4.69) is 15.2 Å². The van der Waals surface area contributed by atoms with Crippen LogP contribution in [-0.2, 0) is 0 Å². The van der Waals surface area contributed by atoms with Crippen LogP contribution >= 0.6 is 0 Å². The molecule has 1 N–H and O–H groups in total. The normalized spacial score (nSPS) is 16.1. The third kappa shape index (κ3) is 3.64. The number of anilines is 1. The second-order valence-corrected chi connectivity index (χ2v) is 5.04. The van der Waals surface area contributed by atoms with Crippen molar-refractivity contribution in [2.75, 3.05) is 51.2 Å². The largest absolute Gasteiger partial charge is 0.358 e. The van der Waals surface area contributed by atoms with E-state index in [0.717, 1.165) is 45.1 Å². The minimum atomic E-state index is -0.396. The molecule has 0 amide bonds. The Kier molecular flexibility index (Phi) is 4.86. The van der Waals surface area contributed by atoms with Gasteiger partial charge in [0, 0.05) is 52.4 Å². The van der Waals surface area contributed by atoms with Crippen LogP contribution in [0.5, 0.6) is 0 Å². The van der Waals surface area contributed by atoms with E-state index in [4.69, 9.17) is 0 Å². The lowest BCUT2D eigenvalue weighted by atomic mass is 10.3. The average molecular weight is 279 g/mol. The third-order valence-electron chi connectivity index (χ3n) is 3.59. The Morgan fingerprint density at radius 2 is 2.15 bits per heavy atom. The summed E-state index contributed by atoms with van der Waals surface area (Å²) in [5.41, 5.74) is 0.533. The lowest BCUT2D eigenvalue weighted by molar-refractivity contribution is -0.385. The van der Waals surface area contributed by atoms with Gasteiger partial charge >= 0.3 is 0 Å². The topological polar surface area (TPSA) is 74.5 Å². The highest BCUT2D eigenvalue weighted by molar-refractivity contribution is 5.46. The van der Waals surface area contributed by atoms with Crippen LogP contribution in [0.3, 0.4) is 0 Å². The van der Waals surface area contributed by atoms with Crippen molar-refractivity contribution in [2.24, 2.45) is 0 Å². The maximum Gasteiger partial charge on any atom is 0.290 e. The molecule has 0 unspecified atom stereocenters. The maximum absolute atomic E-state index is 10.8. The highest BCUT2D eigenvalue weighted by Gasteiger charge is 2.14. The van der Waals surface area contributed by atoms with E-state index < -0.39 is 4.92 Å². The maximum atomic E-state index is 10.8. The molecule has 0 atom stereocenters. The SMILES string of the molecule is Cc1nc(N(C)CCN2CCNCC2)ccc1[N+](=O)[O-]. The molecule has 1 aliphatic rings. The zero-order valence-corrected chi connectivity index (χ0v) is 12.0. The smallest absolute Gasteiger partial charge is 0.290 e. The number of nitro groups is 1. The van der Waals surface area contributed by atoms with Crippen LogP contribution in [0.15, 0.2) is 12.1 Å². The minimum absolute atomic E-state index is 0.0734. The second-order valence-electron chi connectivity index (χ2n) is 5.04. The Balaban J connectivity index is 1.93. The number of aryl methyl sites for hydroxylation is 1. The molecule has 2 rings (SSSR count). The van der Waals surface area contributed by atoms with Crippen molar-refractivity contribution in [1.82, 2.24) is 15.2 Å². The van der Waals surface area contributed by atoms with Gasteiger partial charge in [-0.25, -0.2) is 4.98 Å². The highest BCUT2D eigenvalue weighted by atomic mass is 16.6. The van der Waals surface area contributed by atoms with E-state index >= 15 is 0 Å². The van der Waals surface area contributed by atoms with E-state index in [1.807, 2.05) is 11.9 Å². The second kappa shape index (κ2) is 6.62. The molecule has 1 fully saturated rings. The number of hydrogen-bond acceptors (Lipinski definition) is 6. The summed E-state index contributed by atoms with van der Waals surface area (Å²) in [7, 11) is 1.97. The van der Waals surface area contributed by atoms with Crippen LogP contribution in [0.2, 0.25) is 0 Å². The molecule has 7 nitrogen and oxygen atoms in total. The van der Waals surface area contributed by atoms with Gasteiger partial charge in [0.1, 0.15) is 11.5 Å². The van der Waals surface area contributed by atoms with Crippen LogP contribution in [0.4, 0.5) is 11.5 Å². The summed E-state index contributed by atoms with van der Waals surface area (Å²) in [5, 5.41) is 14.1. The fourth-order valence-electron chi connectivity index (χ4n) is 2.29. The predicted molar refractivity (Wildman–Crippen MR) is 78.2 cm³/mol. The van der Waals surface area contributed by atoms with Gasteiger partial charge in [-0.3, -0.25) is 15.0 Å². The number of rotatable bonds is 5. The Morgan fingerprint density at radius 3 is 2.75 bits per heavy atom. The summed E-state index contributed by atoms with van der Waals surface area (Å²) >= 11 is 0.